The minimum Gasteiger partial charge on any atom is -0.266 e. The van der Waals surface area contributed by atoms with Crippen LogP contribution in [0.3, 0.4) is 0 Å². The Morgan fingerprint density at radius 2 is 1.21 bits per heavy atom. The van der Waals surface area contributed by atoms with Gasteiger partial charge in [0.15, 0.2) is 0 Å². The largest absolute Gasteiger partial charge is 0.287 e. The maximum atomic E-state index is 13.7. The van der Waals surface area contributed by atoms with Crippen molar-refractivity contribution in [3.8, 4) is 0 Å². The molecule has 0 heterocycles. The molecule has 0 spiro atoms. The highest BCUT2D eigenvalue weighted by atomic mass is 35.5. The number of halogens is 1. The number of carbonyl (C=O) groups is 1. The second-order valence-corrected chi connectivity index (χ2v) is 7.61. The maximum Gasteiger partial charge on any atom is 0.287 e. The lowest BCUT2D eigenvalue weighted by Gasteiger charge is -2.10. The molecule has 3 aromatic rings. The van der Waals surface area contributed by atoms with E-state index in [0.29, 0.717) is 9.79 Å². The molecule has 3 rings (SSSR count). The molecule has 0 N–H and O–H groups in total. The number of hydrogen-bond acceptors (Lipinski definition) is 2. The van der Waals surface area contributed by atoms with Crippen molar-refractivity contribution in [2.75, 3.05) is 0 Å². The van der Waals surface area contributed by atoms with Crippen LogP contribution >= 0.6 is 11.6 Å². The summed E-state index contributed by atoms with van der Waals surface area (Å²) in [4.78, 5) is 13.6. The Balaban J connectivity index is 2.22. The van der Waals surface area contributed by atoms with Gasteiger partial charge < -0.3 is 0 Å². The zero-order chi connectivity index (χ0) is 17.0. The van der Waals surface area contributed by atoms with Crippen molar-refractivity contribution in [2.45, 2.75) is 9.79 Å². The summed E-state index contributed by atoms with van der Waals surface area (Å²) in [6.45, 7) is 0. The maximum absolute atomic E-state index is 13.7. The third kappa shape index (κ3) is 3.25. The third-order valence-electron chi connectivity index (χ3n) is 3.44. The van der Waals surface area contributed by atoms with Crippen molar-refractivity contribution in [3.05, 3.63) is 95.5 Å². The minimum absolute atomic E-state index is 0.235. The fourth-order valence-electron chi connectivity index (χ4n) is 2.25. The standard InChI is InChI=1S/C19H14ClNO2S/c20-18-14-8-7-13-17(18)19(22)21-24(23,15-9-3-1-4-10-15)16-11-5-2-6-12-16/h1-14H. The average Bonchev–Trinajstić information content (AvgIpc) is 2.63. The molecule has 120 valence electrons. The van der Waals surface area contributed by atoms with E-state index in [4.69, 9.17) is 11.6 Å². The Labute approximate surface area is 146 Å². The molecule has 0 unspecified atom stereocenters. The quantitative estimate of drug-likeness (QED) is 0.658. The second-order valence-electron chi connectivity index (χ2n) is 5.03. The lowest BCUT2D eigenvalue weighted by atomic mass is 10.2. The Bertz CT molecular complexity index is 933. The van der Waals surface area contributed by atoms with Crippen molar-refractivity contribution < 1.29 is 9.00 Å². The minimum atomic E-state index is -3.09. The Morgan fingerprint density at radius 1 is 0.750 bits per heavy atom. The van der Waals surface area contributed by atoms with Crippen LogP contribution in [0.25, 0.3) is 0 Å². The second kappa shape index (κ2) is 6.99. The van der Waals surface area contributed by atoms with E-state index >= 15 is 0 Å². The summed E-state index contributed by atoms with van der Waals surface area (Å²) in [5.74, 6) is -0.599. The molecule has 1 amide bonds. The molecule has 0 saturated heterocycles. The lowest BCUT2D eigenvalue weighted by molar-refractivity contribution is 0.100. The van der Waals surface area contributed by atoms with Crippen LogP contribution in [-0.4, -0.2) is 10.1 Å². The molecule has 0 aliphatic heterocycles. The summed E-state index contributed by atoms with van der Waals surface area (Å²) < 4.78 is 17.7. The van der Waals surface area contributed by atoms with Crippen LogP contribution in [-0.2, 0) is 9.73 Å². The highest BCUT2D eigenvalue weighted by Crippen LogP contribution is 2.25. The Hall–Kier alpha value is -2.43. The number of rotatable bonds is 3. The zero-order valence-electron chi connectivity index (χ0n) is 12.6. The van der Waals surface area contributed by atoms with Crippen molar-refractivity contribution >= 4 is 27.2 Å². The van der Waals surface area contributed by atoms with E-state index in [1.807, 2.05) is 12.1 Å². The van der Waals surface area contributed by atoms with Crippen LogP contribution < -0.4 is 0 Å². The fourth-order valence-corrected chi connectivity index (χ4v) is 4.34. The number of hydrogen-bond donors (Lipinski definition) is 0. The first kappa shape index (κ1) is 16.4. The van der Waals surface area contributed by atoms with E-state index < -0.39 is 15.6 Å². The molecule has 0 saturated carbocycles. The first-order chi connectivity index (χ1) is 11.6. The first-order valence-corrected chi connectivity index (χ1v) is 9.17. The third-order valence-corrected chi connectivity index (χ3v) is 6.02. The molecule has 3 nitrogen and oxygen atoms in total. The van der Waals surface area contributed by atoms with E-state index in [9.17, 15) is 9.00 Å². The molecule has 0 aliphatic carbocycles. The molecule has 0 aromatic heterocycles. The topological polar surface area (TPSA) is 46.5 Å². The van der Waals surface area contributed by atoms with Crippen LogP contribution in [0.1, 0.15) is 10.4 Å². The predicted octanol–water partition coefficient (Wildman–Crippen LogP) is 5.07. The van der Waals surface area contributed by atoms with Crippen LogP contribution in [0.4, 0.5) is 0 Å². The van der Waals surface area contributed by atoms with E-state index in [2.05, 4.69) is 4.36 Å². The number of benzene rings is 3. The zero-order valence-corrected chi connectivity index (χ0v) is 14.2. The van der Waals surface area contributed by atoms with Gasteiger partial charge in [-0.05, 0) is 36.4 Å². The first-order valence-electron chi connectivity index (χ1n) is 7.27. The molecule has 5 heteroatoms. The number of amides is 1. The summed E-state index contributed by atoms with van der Waals surface area (Å²) in [6, 6.07) is 24.2. The van der Waals surface area contributed by atoms with Crippen LogP contribution in [0.5, 0.6) is 0 Å². The molecule has 0 radical (unpaired) electrons. The van der Waals surface area contributed by atoms with Crippen LogP contribution in [0.2, 0.25) is 5.02 Å². The summed E-state index contributed by atoms with van der Waals surface area (Å²) in [5.41, 5.74) is 0.235. The summed E-state index contributed by atoms with van der Waals surface area (Å²) in [5, 5.41) is 0.286. The van der Waals surface area contributed by atoms with Crippen LogP contribution in [0.15, 0.2) is 99.1 Å². The van der Waals surface area contributed by atoms with Gasteiger partial charge in [-0.1, -0.05) is 60.1 Å². The van der Waals surface area contributed by atoms with Gasteiger partial charge in [0.05, 0.1) is 20.4 Å². The predicted molar refractivity (Wildman–Crippen MR) is 95.8 cm³/mol. The van der Waals surface area contributed by atoms with Gasteiger partial charge in [0.1, 0.15) is 9.73 Å². The van der Waals surface area contributed by atoms with Crippen molar-refractivity contribution in [1.82, 2.24) is 0 Å². The summed E-state index contributed by atoms with van der Waals surface area (Å²) in [6.07, 6.45) is 0. The van der Waals surface area contributed by atoms with Gasteiger partial charge in [-0.15, -0.1) is 4.36 Å². The molecule has 0 fully saturated rings. The molecule has 24 heavy (non-hydrogen) atoms. The van der Waals surface area contributed by atoms with Gasteiger partial charge in [-0.2, -0.15) is 0 Å². The van der Waals surface area contributed by atoms with Crippen molar-refractivity contribution in [2.24, 2.45) is 4.36 Å². The normalized spacial score (nSPS) is 11.0. The molecular weight excluding hydrogens is 342 g/mol. The van der Waals surface area contributed by atoms with Gasteiger partial charge in [0, 0.05) is 0 Å². The number of carbonyl (C=O) groups excluding carboxylic acids is 1. The van der Waals surface area contributed by atoms with E-state index in [-0.39, 0.29) is 10.6 Å². The van der Waals surface area contributed by atoms with Gasteiger partial charge in [-0.3, -0.25) is 4.79 Å². The fraction of sp³-hybridized carbons (Fsp3) is 0. The molecule has 0 atom stereocenters. The molecule has 0 aliphatic rings. The summed E-state index contributed by atoms with van der Waals surface area (Å²) in [7, 11) is -3.09. The van der Waals surface area contributed by atoms with E-state index in [1.54, 1.807) is 72.8 Å². The van der Waals surface area contributed by atoms with Gasteiger partial charge >= 0.3 is 0 Å². The smallest absolute Gasteiger partial charge is 0.266 e. The van der Waals surface area contributed by atoms with E-state index in [1.165, 1.54) is 0 Å². The van der Waals surface area contributed by atoms with Crippen LogP contribution in [0, 0.1) is 0 Å². The van der Waals surface area contributed by atoms with Gasteiger partial charge in [-0.25, -0.2) is 4.21 Å². The number of nitrogens with zero attached hydrogens (tertiary/aromatic N) is 1. The Morgan fingerprint density at radius 3 is 1.71 bits per heavy atom. The van der Waals surface area contributed by atoms with E-state index in [0.717, 1.165) is 0 Å². The highest BCUT2D eigenvalue weighted by Gasteiger charge is 2.19. The highest BCUT2D eigenvalue weighted by molar-refractivity contribution is 7.94. The average molecular weight is 356 g/mol. The Kier molecular flexibility index (Phi) is 4.79. The molecular formula is C19H14ClNO2S. The summed E-state index contributed by atoms with van der Waals surface area (Å²) >= 11 is 6.07. The van der Waals surface area contributed by atoms with Crippen molar-refractivity contribution in [1.29, 1.82) is 0 Å². The van der Waals surface area contributed by atoms with Crippen molar-refractivity contribution in [3.63, 3.8) is 0 Å². The van der Waals surface area contributed by atoms with Gasteiger partial charge in [0.25, 0.3) is 5.91 Å². The SMILES string of the molecule is O=C(N=S(=O)(c1ccccc1)c1ccccc1)c1ccccc1Cl. The molecule has 3 aromatic carbocycles. The monoisotopic (exact) mass is 355 g/mol. The lowest BCUT2D eigenvalue weighted by Crippen LogP contribution is -2.07. The van der Waals surface area contributed by atoms with Gasteiger partial charge in [0.2, 0.25) is 0 Å². The molecule has 0 bridgehead atoms.